The monoisotopic (exact) mass is 211 g/mol. The van der Waals surface area contributed by atoms with Crippen molar-refractivity contribution in [1.82, 2.24) is 4.98 Å². The van der Waals surface area contributed by atoms with Crippen molar-refractivity contribution in [3.05, 3.63) is 28.9 Å². The standard InChI is InChI=1S/C10H10ClNO2/c1-14-10-9(11)6-8(7-12-10)4-2-3-5-13/h2,4-7H,3H2,1H3. The van der Waals surface area contributed by atoms with E-state index in [0.717, 1.165) is 11.8 Å². The zero-order valence-corrected chi connectivity index (χ0v) is 8.49. The van der Waals surface area contributed by atoms with E-state index in [1.54, 1.807) is 24.4 Å². The predicted octanol–water partition coefficient (Wildman–Crippen LogP) is 2.35. The average molecular weight is 212 g/mol. The highest BCUT2D eigenvalue weighted by Gasteiger charge is 2.00. The van der Waals surface area contributed by atoms with Crippen molar-refractivity contribution in [3.63, 3.8) is 0 Å². The fourth-order valence-corrected chi connectivity index (χ4v) is 1.19. The van der Waals surface area contributed by atoms with Gasteiger partial charge in [0.1, 0.15) is 11.3 Å². The second-order valence-electron chi connectivity index (χ2n) is 2.56. The van der Waals surface area contributed by atoms with Gasteiger partial charge in [0.25, 0.3) is 0 Å². The number of rotatable bonds is 4. The second-order valence-corrected chi connectivity index (χ2v) is 2.97. The Morgan fingerprint density at radius 2 is 2.43 bits per heavy atom. The van der Waals surface area contributed by atoms with Crippen molar-refractivity contribution in [2.45, 2.75) is 6.42 Å². The van der Waals surface area contributed by atoms with Gasteiger partial charge in [0.05, 0.1) is 7.11 Å². The summed E-state index contributed by atoms with van der Waals surface area (Å²) in [7, 11) is 1.51. The highest BCUT2D eigenvalue weighted by Crippen LogP contribution is 2.22. The van der Waals surface area contributed by atoms with E-state index in [4.69, 9.17) is 16.3 Å². The molecule has 0 unspecified atom stereocenters. The van der Waals surface area contributed by atoms with E-state index in [-0.39, 0.29) is 0 Å². The van der Waals surface area contributed by atoms with E-state index in [9.17, 15) is 4.79 Å². The molecule has 0 aromatic carbocycles. The van der Waals surface area contributed by atoms with Gasteiger partial charge >= 0.3 is 0 Å². The summed E-state index contributed by atoms with van der Waals surface area (Å²) in [4.78, 5) is 14.0. The Morgan fingerprint density at radius 3 is 3.00 bits per heavy atom. The summed E-state index contributed by atoms with van der Waals surface area (Å²) in [5.41, 5.74) is 0.845. The third kappa shape index (κ3) is 2.85. The second kappa shape index (κ2) is 5.40. The lowest BCUT2D eigenvalue weighted by molar-refractivity contribution is -0.107. The highest BCUT2D eigenvalue weighted by molar-refractivity contribution is 6.31. The van der Waals surface area contributed by atoms with Crippen LogP contribution in [0.1, 0.15) is 12.0 Å². The van der Waals surface area contributed by atoms with Crippen molar-refractivity contribution in [1.29, 1.82) is 0 Å². The number of carbonyl (C=O) groups excluding carboxylic acids is 1. The normalized spacial score (nSPS) is 10.4. The molecule has 0 radical (unpaired) electrons. The maximum atomic E-state index is 10.0. The van der Waals surface area contributed by atoms with Crippen LogP contribution in [0.4, 0.5) is 0 Å². The van der Waals surface area contributed by atoms with Crippen molar-refractivity contribution in [2.75, 3.05) is 7.11 Å². The highest BCUT2D eigenvalue weighted by atomic mass is 35.5. The Labute approximate surface area is 87.4 Å². The number of allylic oxidation sites excluding steroid dienone is 1. The molecule has 0 aliphatic heterocycles. The Kier molecular flexibility index (Phi) is 4.13. The lowest BCUT2D eigenvalue weighted by Gasteiger charge is -2.01. The molecule has 3 nitrogen and oxygen atoms in total. The van der Waals surface area contributed by atoms with E-state index in [2.05, 4.69) is 4.98 Å². The molecule has 0 aliphatic carbocycles. The molecule has 0 spiro atoms. The van der Waals surface area contributed by atoms with E-state index >= 15 is 0 Å². The van der Waals surface area contributed by atoms with Gasteiger partial charge in [-0.2, -0.15) is 0 Å². The first-order valence-electron chi connectivity index (χ1n) is 4.07. The molecule has 0 aliphatic rings. The molecular formula is C10H10ClNO2. The fraction of sp³-hybridized carbons (Fsp3) is 0.200. The number of hydrogen-bond donors (Lipinski definition) is 0. The average Bonchev–Trinajstić information content (AvgIpc) is 2.18. The van der Waals surface area contributed by atoms with Gasteiger partial charge in [0.15, 0.2) is 0 Å². The summed E-state index contributed by atoms with van der Waals surface area (Å²) < 4.78 is 4.90. The third-order valence-electron chi connectivity index (χ3n) is 1.56. The molecule has 1 aromatic heterocycles. The lowest BCUT2D eigenvalue weighted by atomic mass is 10.2. The summed E-state index contributed by atoms with van der Waals surface area (Å²) in [5.74, 6) is 0.402. The summed E-state index contributed by atoms with van der Waals surface area (Å²) in [6, 6.07) is 1.73. The maximum Gasteiger partial charge on any atom is 0.232 e. The summed E-state index contributed by atoms with van der Waals surface area (Å²) >= 11 is 5.85. The summed E-state index contributed by atoms with van der Waals surface area (Å²) in [5, 5.41) is 0.459. The zero-order valence-electron chi connectivity index (χ0n) is 7.74. The van der Waals surface area contributed by atoms with Crippen LogP contribution in [0.3, 0.4) is 0 Å². The Bertz CT molecular complexity index is 350. The maximum absolute atomic E-state index is 10.0. The molecule has 4 heteroatoms. The van der Waals surface area contributed by atoms with Crippen molar-refractivity contribution < 1.29 is 9.53 Å². The minimum Gasteiger partial charge on any atom is -0.480 e. The molecule has 1 heterocycles. The zero-order chi connectivity index (χ0) is 10.4. The number of nitrogens with zero attached hydrogens (tertiary/aromatic N) is 1. The van der Waals surface area contributed by atoms with Crippen LogP contribution in [0.5, 0.6) is 5.88 Å². The van der Waals surface area contributed by atoms with Gasteiger partial charge < -0.3 is 9.53 Å². The van der Waals surface area contributed by atoms with Gasteiger partial charge in [0, 0.05) is 12.6 Å². The molecule has 0 N–H and O–H groups in total. The minimum absolute atomic E-state index is 0.393. The number of methoxy groups -OCH3 is 1. The van der Waals surface area contributed by atoms with Gasteiger partial charge in [-0.3, -0.25) is 0 Å². The molecule has 1 rings (SSSR count). The molecule has 0 saturated heterocycles. The molecule has 0 atom stereocenters. The van der Waals surface area contributed by atoms with Gasteiger partial charge in [-0.1, -0.05) is 23.8 Å². The van der Waals surface area contributed by atoms with Gasteiger partial charge in [0.2, 0.25) is 5.88 Å². The first-order chi connectivity index (χ1) is 6.77. The number of pyridine rings is 1. The van der Waals surface area contributed by atoms with Gasteiger partial charge in [-0.25, -0.2) is 4.98 Å². The van der Waals surface area contributed by atoms with Crippen LogP contribution in [0.2, 0.25) is 5.02 Å². The van der Waals surface area contributed by atoms with Gasteiger partial charge in [-0.15, -0.1) is 0 Å². The van der Waals surface area contributed by atoms with E-state index < -0.39 is 0 Å². The number of hydrogen-bond acceptors (Lipinski definition) is 3. The van der Waals surface area contributed by atoms with Crippen LogP contribution in [0, 0.1) is 0 Å². The largest absolute Gasteiger partial charge is 0.480 e. The van der Waals surface area contributed by atoms with E-state index in [1.165, 1.54) is 7.11 Å². The lowest BCUT2D eigenvalue weighted by Crippen LogP contribution is -1.88. The molecule has 1 aromatic rings. The number of carbonyl (C=O) groups is 1. The van der Waals surface area contributed by atoms with Crippen LogP contribution in [0.25, 0.3) is 6.08 Å². The Balaban J connectivity index is 2.80. The van der Waals surface area contributed by atoms with Crippen LogP contribution >= 0.6 is 11.6 Å². The molecule has 74 valence electrons. The van der Waals surface area contributed by atoms with Gasteiger partial charge in [-0.05, 0) is 11.6 Å². The summed E-state index contributed by atoms with van der Waals surface area (Å²) in [6.45, 7) is 0. The summed E-state index contributed by atoms with van der Waals surface area (Å²) in [6.07, 6.45) is 6.38. The first kappa shape index (κ1) is 10.7. The Hall–Kier alpha value is -1.35. The van der Waals surface area contributed by atoms with E-state index in [1.807, 2.05) is 0 Å². The third-order valence-corrected chi connectivity index (χ3v) is 1.84. The quantitative estimate of drug-likeness (QED) is 0.718. The van der Waals surface area contributed by atoms with E-state index in [0.29, 0.717) is 17.3 Å². The molecular weight excluding hydrogens is 202 g/mol. The van der Waals surface area contributed by atoms with Crippen LogP contribution < -0.4 is 4.74 Å². The van der Waals surface area contributed by atoms with Crippen LogP contribution in [-0.4, -0.2) is 18.4 Å². The smallest absolute Gasteiger partial charge is 0.232 e. The Morgan fingerprint density at radius 1 is 1.64 bits per heavy atom. The molecule has 0 saturated carbocycles. The van der Waals surface area contributed by atoms with Crippen molar-refractivity contribution in [3.8, 4) is 5.88 Å². The fourth-order valence-electron chi connectivity index (χ4n) is 0.941. The number of aromatic nitrogens is 1. The topological polar surface area (TPSA) is 39.2 Å². The van der Waals surface area contributed by atoms with Crippen molar-refractivity contribution in [2.24, 2.45) is 0 Å². The van der Waals surface area contributed by atoms with Crippen molar-refractivity contribution >= 4 is 24.0 Å². The number of aldehydes is 1. The molecule has 0 bridgehead atoms. The minimum atomic E-state index is 0.393. The SMILES string of the molecule is COc1ncc(C=CCC=O)cc1Cl. The molecule has 14 heavy (non-hydrogen) atoms. The first-order valence-corrected chi connectivity index (χ1v) is 4.45. The molecule has 0 amide bonds. The number of ether oxygens (including phenoxy) is 1. The predicted molar refractivity (Wildman–Crippen MR) is 55.5 cm³/mol. The number of halogens is 1. The molecule has 0 fully saturated rings. The van der Waals surface area contributed by atoms with Crippen LogP contribution in [0.15, 0.2) is 18.3 Å². The van der Waals surface area contributed by atoms with Crippen LogP contribution in [-0.2, 0) is 4.79 Å².